The molecule has 16 heavy (non-hydrogen) atoms. The molecule has 0 saturated carbocycles. The largest absolute Gasteiger partial charge is 0.377 e. The predicted octanol–water partition coefficient (Wildman–Crippen LogP) is 2.03. The summed E-state index contributed by atoms with van der Waals surface area (Å²) in [5.74, 6) is 1.01. The monoisotopic (exact) mass is 351 g/mol. The quantitative estimate of drug-likeness (QED) is 0.353. The topological polar surface area (TPSA) is 38.2 Å². The molecule has 1 aliphatic rings. The molecule has 1 fully saturated rings. The number of ether oxygens (including phenoxy) is 1. The van der Waals surface area contributed by atoms with E-state index in [2.05, 4.69) is 44.4 Å². The van der Waals surface area contributed by atoms with Crippen LogP contribution in [0.15, 0.2) is 11.2 Å². The second-order valence-corrected chi connectivity index (χ2v) is 5.53. The molecule has 6 heteroatoms. The average Bonchev–Trinajstić information content (AvgIpc) is 2.28. The van der Waals surface area contributed by atoms with Gasteiger partial charge in [0.25, 0.3) is 0 Å². The van der Waals surface area contributed by atoms with Gasteiger partial charge in [-0.15, -0.1) is 0 Å². The number of hydrogen-bond donors (Lipinski definition) is 0. The number of halogens is 1. The zero-order chi connectivity index (χ0) is 11.5. The molecular weight excluding hydrogens is 337 g/mol. The molecule has 1 aromatic rings. The van der Waals surface area contributed by atoms with Crippen LogP contribution in [0.5, 0.6) is 0 Å². The van der Waals surface area contributed by atoms with Crippen molar-refractivity contribution >= 4 is 40.2 Å². The molecule has 0 N–H and O–H groups in total. The maximum atomic E-state index is 5.43. The van der Waals surface area contributed by atoms with Gasteiger partial charge in [0.1, 0.15) is 9.52 Å². The highest BCUT2D eigenvalue weighted by atomic mass is 127. The Hall–Kier alpha value is -0.0800. The van der Waals surface area contributed by atoms with Crippen LogP contribution in [-0.4, -0.2) is 42.0 Å². The Labute approximate surface area is 113 Å². The summed E-state index contributed by atoms with van der Waals surface area (Å²) in [6, 6.07) is 2.41. The fourth-order valence-corrected chi connectivity index (χ4v) is 2.74. The standard InChI is InChI=1S/C10H14IN3OS/c1-7-6-15-4-3-14(7)9-5-8(11)12-10(13-9)16-2/h5,7H,3-4,6H2,1-2H3/t7-/m1/s1. The lowest BCUT2D eigenvalue weighted by atomic mass is 10.2. The van der Waals surface area contributed by atoms with E-state index in [4.69, 9.17) is 4.74 Å². The Morgan fingerprint density at radius 2 is 2.38 bits per heavy atom. The molecule has 88 valence electrons. The van der Waals surface area contributed by atoms with Crippen LogP contribution in [0.3, 0.4) is 0 Å². The SMILES string of the molecule is CSc1nc(I)cc(N2CCOC[C@H]2C)n1. The van der Waals surface area contributed by atoms with E-state index >= 15 is 0 Å². The molecule has 0 bridgehead atoms. The zero-order valence-electron chi connectivity index (χ0n) is 9.31. The van der Waals surface area contributed by atoms with Gasteiger partial charge >= 0.3 is 0 Å². The summed E-state index contributed by atoms with van der Waals surface area (Å²) in [5.41, 5.74) is 0. The fourth-order valence-electron chi connectivity index (χ4n) is 1.69. The number of thioether (sulfide) groups is 1. The summed E-state index contributed by atoms with van der Waals surface area (Å²) in [7, 11) is 0. The molecule has 1 atom stereocenters. The van der Waals surface area contributed by atoms with E-state index in [9.17, 15) is 0 Å². The first-order valence-electron chi connectivity index (χ1n) is 5.13. The molecule has 0 aliphatic carbocycles. The molecule has 1 saturated heterocycles. The first-order valence-corrected chi connectivity index (χ1v) is 7.44. The number of rotatable bonds is 2. The molecule has 4 nitrogen and oxygen atoms in total. The van der Waals surface area contributed by atoms with Crippen molar-refractivity contribution in [2.45, 2.75) is 18.1 Å². The minimum atomic E-state index is 0.383. The van der Waals surface area contributed by atoms with Crippen LogP contribution in [-0.2, 0) is 4.74 Å². The maximum absolute atomic E-state index is 5.43. The summed E-state index contributed by atoms with van der Waals surface area (Å²) in [4.78, 5) is 11.2. The molecule has 0 amide bonds. The van der Waals surface area contributed by atoms with Crippen molar-refractivity contribution in [2.24, 2.45) is 0 Å². The Balaban J connectivity index is 2.27. The van der Waals surface area contributed by atoms with Crippen LogP contribution in [0.25, 0.3) is 0 Å². The first kappa shape index (κ1) is 12.4. The zero-order valence-corrected chi connectivity index (χ0v) is 12.3. The Kier molecular flexibility index (Phi) is 4.26. The lowest BCUT2D eigenvalue weighted by Gasteiger charge is -2.34. The van der Waals surface area contributed by atoms with Gasteiger partial charge in [0.2, 0.25) is 0 Å². The van der Waals surface area contributed by atoms with Gasteiger partial charge in [-0.2, -0.15) is 0 Å². The van der Waals surface area contributed by atoms with Gasteiger partial charge in [0.05, 0.1) is 19.3 Å². The first-order chi connectivity index (χ1) is 7.70. The molecule has 2 heterocycles. The van der Waals surface area contributed by atoms with Gasteiger partial charge in [-0.05, 0) is 35.8 Å². The van der Waals surface area contributed by atoms with E-state index in [1.807, 2.05) is 12.3 Å². The van der Waals surface area contributed by atoms with E-state index in [0.717, 1.165) is 34.4 Å². The summed E-state index contributed by atoms with van der Waals surface area (Å²) < 4.78 is 6.42. The number of anilines is 1. The highest BCUT2D eigenvalue weighted by molar-refractivity contribution is 14.1. The van der Waals surface area contributed by atoms with E-state index < -0.39 is 0 Å². The van der Waals surface area contributed by atoms with E-state index in [1.165, 1.54) is 0 Å². The second kappa shape index (κ2) is 5.50. The molecule has 0 spiro atoms. The van der Waals surface area contributed by atoms with Crippen LogP contribution in [0.2, 0.25) is 0 Å². The number of nitrogens with zero attached hydrogens (tertiary/aromatic N) is 3. The predicted molar refractivity (Wildman–Crippen MR) is 74.2 cm³/mol. The van der Waals surface area contributed by atoms with Crippen molar-refractivity contribution < 1.29 is 4.74 Å². The molecule has 0 radical (unpaired) electrons. The van der Waals surface area contributed by atoms with Crippen molar-refractivity contribution in [2.75, 3.05) is 30.9 Å². The molecule has 2 rings (SSSR count). The molecule has 0 unspecified atom stereocenters. The van der Waals surface area contributed by atoms with Gasteiger partial charge < -0.3 is 9.64 Å². The van der Waals surface area contributed by atoms with Crippen molar-refractivity contribution in [3.05, 3.63) is 9.77 Å². The highest BCUT2D eigenvalue weighted by Crippen LogP contribution is 2.21. The Morgan fingerprint density at radius 1 is 1.56 bits per heavy atom. The van der Waals surface area contributed by atoms with Crippen LogP contribution < -0.4 is 4.90 Å². The Morgan fingerprint density at radius 3 is 3.06 bits per heavy atom. The minimum absolute atomic E-state index is 0.383. The van der Waals surface area contributed by atoms with E-state index in [0.29, 0.717) is 6.04 Å². The summed E-state index contributed by atoms with van der Waals surface area (Å²) >= 11 is 3.81. The second-order valence-electron chi connectivity index (χ2n) is 3.65. The van der Waals surface area contributed by atoms with Gasteiger partial charge in [-0.1, -0.05) is 11.8 Å². The fraction of sp³-hybridized carbons (Fsp3) is 0.600. The van der Waals surface area contributed by atoms with Crippen molar-refractivity contribution in [3.8, 4) is 0 Å². The third-order valence-electron chi connectivity index (χ3n) is 2.51. The normalized spacial score (nSPS) is 21.2. The molecule has 1 aliphatic heterocycles. The van der Waals surface area contributed by atoms with Gasteiger partial charge in [-0.3, -0.25) is 0 Å². The number of aromatic nitrogens is 2. The van der Waals surface area contributed by atoms with Crippen molar-refractivity contribution in [1.29, 1.82) is 0 Å². The lowest BCUT2D eigenvalue weighted by Crippen LogP contribution is -2.44. The highest BCUT2D eigenvalue weighted by Gasteiger charge is 2.21. The van der Waals surface area contributed by atoms with Gasteiger partial charge in [0.15, 0.2) is 5.16 Å². The summed E-state index contributed by atoms with van der Waals surface area (Å²) in [6.45, 7) is 4.61. The van der Waals surface area contributed by atoms with Gasteiger partial charge in [0, 0.05) is 12.6 Å². The molecule has 0 aromatic carbocycles. The number of morpholine rings is 1. The summed E-state index contributed by atoms with van der Waals surface area (Å²) in [5, 5.41) is 0.834. The maximum Gasteiger partial charge on any atom is 0.190 e. The smallest absolute Gasteiger partial charge is 0.190 e. The molecule has 1 aromatic heterocycles. The minimum Gasteiger partial charge on any atom is -0.377 e. The van der Waals surface area contributed by atoms with Crippen molar-refractivity contribution in [1.82, 2.24) is 9.97 Å². The average molecular weight is 351 g/mol. The van der Waals surface area contributed by atoms with Crippen molar-refractivity contribution in [3.63, 3.8) is 0 Å². The third-order valence-corrected chi connectivity index (χ3v) is 3.61. The number of hydrogen-bond acceptors (Lipinski definition) is 5. The van der Waals surface area contributed by atoms with Crippen LogP contribution in [0.4, 0.5) is 5.82 Å². The summed E-state index contributed by atoms with van der Waals surface area (Å²) in [6.07, 6.45) is 2.00. The van der Waals surface area contributed by atoms with Gasteiger partial charge in [-0.25, -0.2) is 9.97 Å². The lowest BCUT2D eigenvalue weighted by molar-refractivity contribution is 0.0984. The van der Waals surface area contributed by atoms with Crippen LogP contribution in [0.1, 0.15) is 6.92 Å². The third kappa shape index (κ3) is 2.78. The Bertz CT molecular complexity index is 377. The van der Waals surface area contributed by atoms with E-state index in [-0.39, 0.29) is 0 Å². The van der Waals surface area contributed by atoms with Crippen LogP contribution >= 0.6 is 34.4 Å². The van der Waals surface area contributed by atoms with E-state index in [1.54, 1.807) is 11.8 Å². The molecular formula is C10H14IN3OS. The van der Waals surface area contributed by atoms with Crippen LogP contribution in [0, 0.1) is 3.70 Å².